The molecule has 1 aromatic carbocycles. The first-order valence-electron chi connectivity index (χ1n) is 6.51. The van der Waals surface area contributed by atoms with E-state index in [0.29, 0.717) is 11.5 Å². The number of hydrogen-bond donors (Lipinski definition) is 1. The molecule has 1 heterocycles. The standard InChI is InChI=1S/C15H17NO4S/c1-10-16(13(9-21-10)15(18)19)14(17)7-6-11-4-3-5-12(8-11)20-2/h3-8,10,13H,9H2,1-2H3,(H,18,19). The van der Waals surface area contributed by atoms with Crippen LogP contribution in [0.1, 0.15) is 12.5 Å². The smallest absolute Gasteiger partial charge is 0.327 e. The first-order valence-corrected chi connectivity index (χ1v) is 7.56. The van der Waals surface area contributed by atoms with Gasteiger partial charge in [0.2, 0.25) is 5.91 Å². The monoisotopic (exact) mass is 307 g/mol. The van der Waals surface area contributed by atoms with E-state index < -0.39 is 12.0 Å². The molecule has 5 nitrogen and oxygen atoms in total. The van der Waals surface area contributed by atoms with E-state index in [0.717, 1.165) is 5.56 Å². The Morgan fingerprint density at radius 2 is 2.24 bits per heavy atom. The van der Waals surface area contributed by atoms with E-state index in [1.807, 2.05) is 25.1 Å². The molecule has 1 N–H and O–H groups in total. The zero-order chi connectivity index (χ0) is 15.4. The van der Waals surface area contributed by atoms with E-state index in [2.05, 4.69) is 0 Å². The van der Waals surface area contributed by atoms with Gasteiger partial charge in [-0.15, -0.1) is 11.8 Å². The molecule has 1 aromatic rings. The van der Waals surface area contributed by atoms with Crippen molar-refractivity contribution in [2.75, 3.05) is 12.9 Å². The lowest BCUT2D eigenvalue weighted by Crippen LogP contribution is -2.43. The molecule has 1 saturated heterocycles. The number of carbonyl (C=O) groups excluding carboxylic acids is 1. The van der Waals surface area contributed by atoms with Gasteiger partial charge in [0.15, 0.2) is 0 Å². The van der Waals surface area contributed by atoms with Crippen LogP contribution in [0.5, 0.6) is 5.75 Å². The minimum atomic E-state index is -0.963. The predicted octanol–water partition coefficient (Wildman–Crippen LogP) is 2.08. The van der Waals surface area contributed by atoms with E-state index in [1.165, 1.54) is 22.7 Å². The molecule has 0 saturated carbocycles. The molecule has 0 aromatic heterocycles. The van der Waals surface area contributed by atoms with Gasteiger partial charge in [-0.1, -0.05) is 12.1 Å². The summed E-state index contributed by atoms with van der Waals surface area (Å²) >= 11 is 1.47. The summed E-state index contributed by atoms with van der Waals surface area (Å²) in [5.41, 5.74) is 0.828. The van der Waals surface area contributed by atoms with Crippen LogP contribution in [0.3, 0.4) is 0 Å². The minimum Gasteiger partial charge on any atom is -0.497 e. The molecule has 0 aliphatic carbocycles. The zero-order valence-corrected chi connectivity index (χ0v) is 12.7. The van der Waals surface area contributed by atoms with Gasteiger partial charge in [-0.05, 0) is 30.7 Å². The van der Waals surface area contributed by atoms with Gasteiger partial charge in [-0.3, -0.25) is 4.79 Å². The number of thioether (sulfide) groups is 1. The van der Waals surface area contributed by atoms with Crippen LogP contribution in [0.2, 0.25) is 0 Å². The first-order chi connectivity index (χ1) is 10.0. The maximum Gasteiger partial charge on any atom is 0.327 e. The molecular formula is C15H17NO4S. The summed E-state index contributed by atoms with van der Waals surface area (Å²) in [6.07, 6.45) is 3.08. The highest BCUT2D eigenvalue weighted by molar-refractivity contribution is 8.00. The average Bonchev–Trinajstić information content (AvgIpc) is 2.87. The fraction of sp³-hybridized carbons (Fsp3) is 0.333. The summed E-state index contributed by atoms with van der Waals surface area (Å²) in [7, 11) is 1.58. The third-order valence-corrected chi connectivity index (χ3v) is 4.49. The third-order valence-electron chi connectivity index (χ3n) is 3.27. The number of ether oxygens (including phenoxy) is 1. The lowest BCUT2D eigenvalue weighted by atomic mass is 10.2. The molecule has 1 aliphatic rings. The molecule has 112 valence electrons. The van der Waals surface area contributed by atoms with Gasteiger partial charge in [0, 0.05) is 11.8 Å². The van der Waals surface area contributed by atoms with Crippen molar-refractivity contribution in [3.63, 3.8) is 0 Å². The number of aliphatic carboxylic acids is 1. The molecule has 0 bridgehead atoms. The highest BCUT2D eigenvalue weighted by Gasteiger charge is 2.38. The highest BCUT2D eigenvalue weighted by atomic mass is 32.2. The van der Waals surface area contributed by atoms with Gasteiger partial charge in [-0.25, -0.2) is 4.79 Å². The van der Waals surface area contributed by atoms with E-state index >= 15 is 0 Å². The largest absolute Gasteiger partial charge is 0.497 e. The van der Waals surface area contributed by atoms with Crippen molar-refractivity contribution in [3.05, 3.63) is 35.9 Å². The Hall–Kier alpha value is -1.95. The van der Waals surface area contributed by atoms with Crippen LogP contribution < -0.4 is 4.74 Å². The molecule has 2 atom stereocenters. The van der Waals surface area contributed by atoms with Gasteiger partial charge in [0.1, 0.15) is 11.8 Å². The molecule has 2 rings (SSSR count). The maximum atomic E-state index is 12.2. The van der Waals surface area contributed by atoms with Crippen LogP contribution in [0.15, 0.2) is 30.3 Å². The van der Waals surface area contributed by atoms with E-state index in [-0.39, 0.29) is 11.3 Å². The summed E-state index contributed by atoms with van der Waals surface area (Å²) in [4.78, 5) is 24.8. The average molecular weight is 307 g/mol. The zero-order valence-electron chi connectivity index (χ0n) is 11.9. The fourth-order valence-corrected chi connectivity index (χ4v) is 3.34. The maximum absolute atomic E-state index is 12.2. The number of nitrogens with zero attached hydrogens (tertiary/aromatic N) is 1. The van der Waals surface area contributed by atoms with Gasteiger partial charge < -0.3 is 14.7 Å². The summed E-state index contributed by atoms with van der Waals surface area (Å²) in [6.45, 7) is 1.84. The lowest BCUT2D eigenvalue weighted by molar-refractivity contribution is -0.147. The van der Waals surface area contributed by atoms with Crippen LogP contribution in [0.4, 0.5) is 0 Å². The number of amides is 1. The van der Waals surface area contributed by atoms with Crippen molar-refractivity contribution in [3.8, 4) is 5.75 Å². The van der Waals surface area contributed by atoms with Crippen LogP contribution in [0.25, 0.3) is 6.08 Å². The Balaban J connectivity index is 2.12. The Bertz CT molecular complexity index is 573. The second-order valence-electron chi connectivity index (χ2n) is 4.64. The highest BCUT2D eigenvalue weighted by Crippen LogP contribution is 2.29. The number of benzene rings is 1. The number of methoxy groups -OCH3 is 1. The second-order valence-corrected chi connectivity index (χ2v) is 5.99. The first kappa shape index (κ1) is 15.4. The number of carbonyl (C=O) groups is 2. The normalized spacial score (nSPS) is 21.7. The molecule has 1 amide bonds. The number of rotatable bonds is 4. The SMILES string of the molecule is COc1cccc(C=CC(=O)N2C(C)SCC2C(=O)O)c1. The Kier molecular flexibility index (Phi) is 4.90. The fourth-order valence-electron chi connectivity index (χ4n) is 2.17. The van der Waals surface area contributed by atoms with E-state index in [9.17, 15) is 9.59 Å². The Labute approximate surface area is 127 Å². The summed E-state index contributed by atoms with van der Waals surface area (Å²) < 4.78 is 5.12. The number of hydrogen-bond acceptors (Lipinski definition) is 4. The van der Waals surface area contributed by atoms with E-state index in [4.69, 9.17) is 9.84 Å². The van der Waals surface area contributed by atoms with Crippen LogP contribution >= 0.6 is 11.8 Å². The second kappa shape index (κ2) is 6.67. The van der Waals surface area contributed by atoms with E-state index in [1.54, 1.807) is 19.3 Å². The quantitative estimate of drug-likeness (QED) is 0.863. The summed E-state index contributed by atoms with van der Waals surface area (Å²) in [6, 6.07) is 6.55. The Morgan fingerprint density at radius 1 is 1.48 bits per heavy atom. The van der Waals surface area contributed by atoms with Crippen LogP contribution in [-0.2, 0) is 9.59 Å². The molecule has 1 aliphatic heterocycles. The minimum absolute atomic E-state index is 0.131. The molecule has 21 heavy (non-hydrogen) atoms. The Morgan fingerprint density at radius 3 is 2.90 bits per heavy atom. The summed E-state index contributed by atoms with van der Waals surface area (Å²) in [5, 5.41) is 9.03. The lowest BCUT2D eigenvalue weighted by Gasteiger charge is -2.23. The predicted molar refractivity (Wildman–Crippen MR) is 82.2 cm³/mol. The molecule has 2 unspecified atom stereocenters. The van der Waals surface area contributed by atoms with Gasteiger partial charge in [0.25, 0.3) is 0 Å². The molecular weight excluding hydrogens is 290 g/mol. The van der Waals surface area contributed by atoms with Crippen molar-refractivity contribution in [2.24, 2.45) is 0 Å². The molecule has 0 spiro atoms. The van der Waals surface area contributed by atoms with Gasteiger partial charge in [0.05, 0.1) is 12.5 Å². The van der Waals surface area contributed by atoms with Crippen molar-refractivity contribution >= 4 is 29.7 Å². The number of carboxylic acids is 1. The third kappa shape index (κ3) is 3.58. The van der Waals surface area contributed by atoms with Crippen molar-refractivity contribution in [1.82, 2.24) is 4.90 Å². The molecule has 6 heteroatoms. The molecule has 1 fully saturated rings. The van der Waals surface area contributed by atoms with Crippen molar-refractivity contribution < 1.29 is 19.4 Å². The van der Waals surface area contributed by atoms with Crippen molar-refractivity contribution in [1.29, 1.82) is 0 Å². The topological polar surface area (TPSA) is 66.8 Å². The van der Waals surface area contributed by atoms with Crippen LogP contribution in [0, 0.1) is 0 Å². The number of carboxylic acid groups (broad SMARTS) is 1. The van der Waals surface area contributed by atoms with Gasteiger partial charge >= 0.3 is 5.97 Å². The molecule has 0 radical (unpaired) electrons. The van der Waals surface area contributed by atoms with Crippen LogP contribution in [-0.4, -0.2) is 46.2 Å². The summed E-state index contributed by atoms with van der Waals surface area (Å²) in [5.74, 6) is -0.120. The van der Waals surface area contributed by atoms with Gasteiger partial charge in [-0.2, -0.15) is 0 Å². The van der Waals surface area contributed by atoms with Crippen molar-refractivity contribution in [2.45, 2.75) is 18.3 Å².